The van der Waals surface area contributed by atoms with Gasteiger partial charge < -0.3 is 0 Å². The maximum Gasteiger partial charge on any atom is 0.139 e. The molecule has 0 aliphatic carbocycles. The van der Waals surface area contributed by atoms with Crippen LogP contribution in [-0.4, -0.2) is 22.0 Å². The molecular formula is C8H17N2O+. The molecule has 3 N–H and O–H groups in total. The van der Waals surface area contributed by atoms with Crippen molar-refractivity contribution in [1.29, 1.82) is 0 Å². The highest BCUT2D eigenvalue weighted by Gasteiger charge is 2.52. The SMILES string of the molecule is CC1CC2CCC(C1)[N+]2(N)O. The predicted molar refractivity (Wildman–Crippen MR) is 41.4 cm³/mol. The third-order valence-electron chi connectivity index (χ3n) is 3.35. The molecule has 0 aromatic rings. The molecule has 0 aromatic heterocycles. The Bertz CT molecular complexity index is 153. The summed E-state index contributed by atoms with van der Waals surface area (Å²) in [5.74, 6) is 6.54. The minimum absolute atomic E-state index is 0.176. The van der Waals surface area contributed by atoms with E-state index in [9.17, 15) is 5.21 Å². The van der Waals surface area contributed by atoms with Gasteiger partial charge in [-0.3, -0.25) is 0 Å². The third kappa shape index (κ3) is 0.991. The second-order valence-electron chi connectivity index (χ2n) is 4.26. The van der Waals surface area contributed by atoms with Crippen molar-refractivity contribution in [3.05, 3.63) is 0 Å². The molecule has 3 heteroatoms. The van der Waals surface area contributed by atoms with Gasteiger partial charge in [-0.2, -0.15) is 5.21 Å². The zero-order valence-corrected chi connectivity index (χ0v) is 7.03. The normalized spacial score (nSPS) is 56.5. The van der Waals surface area contributed by atoms with Crippen LogP contribution in [0.1, 0.15) is 32.6 Å². The summed E-state index contributed by atoms with van der Waals surface area (Å²) in [6.07, 6.45) is 4.43. The maximum atomic E-state index is 9.81. The van der Waals surface area contributed by atoms with Crippen LogP contribution >= 0.6 is 0 Å². The Kier molecular flexibility index (Phi) is 1.50. The molecule has 0 spiro atoms. The average Bonchev–Trinajstić information content (AvgIpc) is 2.19. The zero-order chi connectivity index (χ0) is 8.06. The van der Waals surface area contributed by atoms with Gasteiger partial charge in [0.05, 0.1) is 0 Å². The van der Waals surface area contributed by atoms with Crippen molar-refractivity contribution in [2.24, 2.45) is 11.8 Å². The number of rotatable bonds is 0. The zero-order valence-electron chi connectivity index (χ0n) is 7.03. The Morgan fingerprint density at radius 2 is 1.73 bits per heavy atom. The summed E-state index contributed by atoms with van der Waals surface area (Å²) in [6, 6.07) is 0.646. The lowest BCUT2D eigenvalue weighted by Gasteiger charge is -2.37. The van der Waals surface area contributed by atoms with Crippen LogP contribution in [0.4, 0.5) is 0 Å². The summed E-state index contributed by atoms with van der Waals surface area (Å²) in [7, 11) is 0. The first kappa shape index (κ1) is 7.53. The van der Waals surface area contributed by atoms with Crippen LogP contribution in [0.2, 0.25) is 0 Å². The molecule has 2 heterocycles. The van der Waals surface area contributed by atoms with E-state index in [-0.39, 0.29) is 4.76 Å². The first-order valence-electron chi connectivity index (χ1n) is 4.50. The number of fused-ring (bicyclic) bond motifs is 2. The van der Waals surface area contributed by atoms with E-state index in [0.29, 0.717) is 12.1 Å². The Morgan fingerprint density at radius 1 is 1.27 bits per heavy atom. The third-order valence-corrected chi connectivity index (χ3v) is 3.35. The second kappa shape index (κ2) is 2.19. The fourth-order valence-corrected chi connectivity index (χ4v) is 2.70. The molecule has 2 bridgehead atoms. The van der Waals surface area contributed by atoms with E-state index in [1.54, 1.807) is 0 Å². The molecular weight excluding hydrogens is 140 g/mol. The standard InChI is InChI=1S/C8H17N2O/c1-6-4-7-2-3-8(5-6)10(7,9)11/h6-8,11H,2-5,9H2,1H3/q+1. The first-order valence-corrected chi connectivity index (χ1v) is 4.50. The molecule has 2 rings (SSSR count). The molecule has 2 atom stereocenters. The van der Waals surface area contributed by atoms with Crippen LogP contribution in [0.15, 0.2) is 0 Å². The number of nitrogens with two attached hydrogens (primary N) is 1. The molecule has 2 fully saturated rings. The lowest BCUT2D eigenvalue weighted by atomic mass is 9.93. The van der Waals surface area contributed by atoms with Crippen molar-refractivity contribution in [3.8, 4) is 0 Å². The number of hydrogen-bond acceptors (Lipinski definition) is 2. The largest absolute Gasteiger partial charge is 0.196 e. The number of hydrogen-bond donors (Lipinski definition) is 2. The number of nitrogens with zero attached hydrogens (tertiary/aromatic N) is 1. The van der Waals surface area contributed by atoms with Crippen LogP contribution in [0, 0.1) is 5.92 Å². The molecule has 64 valence electrons. The highest BCUT2D eigenvalue weighted by atomic mass is 16.6. The number of piperidine rings is 1. The molecule has 0 radical (unpaired) electrons. The van der Waals surface area contributed by atoms with E-state index < -0.39 is 0 Å². The molecule has 11 heavy (non-hydrogen) atoms. The molecule has 2 aliphatic rings. The molecule has 0 aromatic carbocycles. The Hall–Kier alpha value is -0.120. The highest BCUT2D eigenvalue weighted by Crippen LogP contribution is 2.40. The number of quaternary nitrogens is 1. The van der Waals surface area contributed by atoms with Crippen LogP contribution in [0.25, 0.3) is 0 Å². The summed E-state index contributed by atoms with van der Waals surface area (Å²) in [4.78, 5) is 0. The van der Waals surface area contributed by atoms with Crippen molar-refractivity contribution in [2.45, 2.75) is 44.7 Å². The summed E-state index contributed by atoms with van der Waals surface area (Å²) in [5, 5.41) is 9.81. The summed E-state index contributed by atoms with van der Waals surface area (Å²) < 4.78 is -0.176. The van der Waals surface area contributed by atoms with Gasteiger partial charge in [0.25, 0.3) is 0 Å². The Labute approximate surface area is 67.3 Å². The molecule has 3 nitrogen and oxygen atoms in total. The van der Waals surface area contributed by atoms with Gasteiger partial charge >= 0.3 is 0 Å². The topological polar surface area (TPSA) is 46.2 Å². The first-order chi connectivity index (χ1) is 5.10. The Morgan fingerprint density at radius 3 is 2.18 bits per heavy atom. The monoisotopic (exact) mass is 157 g/mol. The predicted octanol–water partition coefficient (Wildman–Crippen LogP) is 1.03. The van der Waals surface area contributed by atoms with E-state index >= 15 is 0 Å². The molecule has 2 aliphatic heterocycles. The van der Waals surface area contributed by atoms with Crippen molar-refractivity contribution in [3.63, 3.8) is 0 Å². The summed E-state index contributed by atoms with van der Waals surface area (Å²) in [6.45, 7) is 2.25. The average molecular weight is 157 g/mol. The van der Waals surface area contributed by atoms with Gasteiger partial charge in [0.15, 0.2) is 0 Å². The fraction of sp³-hybridized carbons (Fsp3) is 1.00. The summed E-state index contributed by atoms with van der Waals surface area (Å²) in [5.41, 5.74) is 0. The smallest absolute Gasteiger partial charge is 0.139 e. The fourth-order valence-electron chi connectivity index (χ4n) is 2.70. The van der Waals surface area contributed by atoms with Crippen LogP contribution < -0.4 is 5.84 Å². The van der Waals surface area contributed by atoms with Gasteiger partial charge in [0, 0.05) is 25.7 Å². The van der Waals surface area contributed by atoms with Gasteiger partial charge in [-0.05, 0) is 5.92 Å². The van der Waals surface area contributed by atoms with Gasteiger partial charge in [0.2, 0.25) is 0 Å². The van der Waals surface area contributed by atoms with E-state index in [0.717, 1.165) is 31.6 Å². The number of hydroxylamine groups is 2. The van der Waals surface area contributed by atoms with Crippen molar-refractivity contribution in [1.82, 2.24) is 0 Å². The van der Waals surface area contributed by atoms with Crippen molar-refractivity contribution >= 4 is 0 Å². The molecule has 0 saturated carbocycles. The van der Waals surface area contributed by atoms with Crippen molar-refractivity contribution in [2.75, 3.05) is 0 Å². The van der Waals surface area contributed by atoms with Crippen molar-refractivity contribution < 1.29 is 9.96 Å². The minimum atomic E-state index is -0.176. The van der Waals surface area contributed by atoms with E-state index in [2.05, 4.69) is 6.92 Å². The maximum absolute atomic E-state index is 9.81. The van der Waals surface area contributed by atoms with Gasteiger partial charge in [-0.1, -0.05) is 6.92 Å². The van der Waals surface area contributed by atoms with Crippen LogP contribution in [-0.2, 0) is 0 Å². The highest BCUT2D eigenvalue weighted by molar-refractivity contribution is 4.81. The van der Waals surface area contributed by atoms with Gasteiger partial charge in [-0.25, -0.2) is 0 Å². The van der Waals surface area contributed by atoms with E-state index in [4.69, 9.17) is 5.84 Å². The van der Waals surface area contributed by atoms with E-state index in [1.807, 2.05) is 0 Å². The lowest BCUT2D eigenvalue weighted by Crippen LogP contribution is -2.62. The lowest BCUT2D eigenvalue weighted by molar-refractivity contribution is -1.14. The second-order valence-corrected chi connectivity index (χ2v) is 4.26. The molecule has 0 amide bonds. The van der Waals surface area contributed by atoms with E-state index in [1.165, 1.54) is 0 Å². The quantitative estimate of drug-likeness (QED) is 0.407. The van der Waals surface area contributed by atoms with Gasteiger partial charge in [-0.15, -0.1) is 10.6 Å². The molecule has 2 saturated heterocycles. The Balaban J connectivity index is 2.19. The minimum Gasteiger partial charge on any atom is -0.196 e. The summed E-state index contributed by atoms with van der Waals surface area (Å²) >= 11 is 0. The van der Waals surface area contributed by atoms with Crippen LogP contribution in [0.3, 0.4) is 0 Å². The molecule has 2 unspecified atom stereocenters. The van der Waals surface area contributed by atoms with Crippen LogP contribution in [0.5, 0.6) is 0 Å². The van der Waals surface area contributed by atoms with Gasteiger partial charge in [0.1, 0.15) is 12.1 Å².